The molecular weight excluding hydrogens is 313 g/mol. The van der Waals surface area contributed by atoms with Crippen molar-refractivity contribution < 1.29 is 9.53 Å². The molecule has 2 rings (SSSR count). The maximum Gasteiger partial charge on any atom is 0.254 e. The summed E-state index contributed by atoms with van der Waals surface area (Å²) < 4.78 is 5.08. The van der Waals surface area contributed by atoms with E-state index in [9.17, 15) is 4.79 Å². The topological polar surface area (TPSA) is 64.1 Å². The molecule has 5 nitrogen and oxygen atoms in total. The third-order valence-corrected chi connectivity index (χ3v) is 3.29. The predicted octanol–water partition coefficient (Wildman–Crippen LogP) is 2.76. The molecule has 0 bridgehead atoms. The molecule has 0 saturated carbocycles. The van der Waals surface area contributed by atoms with Crippen LogP contribution in [0.3, 0.4) is 0 Å². The Hall–Kier alpha value is -1.85. The number of ether oxygens (including phenoxy) is 1. The van der Waals surface area contributed by atoms with E-state index < -0.39 is 0 Å². The first-order valence-electron chi connectivity index (χ1n) is 6.20. The minimum atomic E-state index is -0.328. The van der Waals surface area contributed by atoms with Crippen molar-refractivity contribution in [3.05, 3.63) is 51.8 Å². The molecular formula is C14H13Cl2N3O2. The lowest BCUT2D eigenvalue weighted by Gasteiger charge is -2.07. The van der Waals surface area contributed by atoms with E-state index in [1.54, 1.807) is 7.11 Å². The Kier molecular flexibility index (Phi) is 5.36. The lowest BCUT2D eigenvalue weighted by molar-refractivity contribution is 0.0953. The fraction of sp³-hybridized carbons (Fsp3) is 0.214. The van der Waals surface area contributed by atoms with Crippen LogP contribution in [0.1, 0.15) is 15.9 Å². The van der Waals surface area contributed by atoms with Gasteiger partial charge >= 0.3 is 0 Å². The van der Waals surface area contributed by atoms with Crippen LogP contribution in [0.15, 0.2) is 30.3 Å². The molecule has 1 heterocycles. The number of nitrogens with one attached hydrogen (secondary N) is 1. The fourth-order valence-electron chi connectivity index (χ4n) is 1.72. The smallest absolute Gasteiger partial charge is 0.254 e. The van der Waals surface area contributed by atoms with Gasteiger partial charge in [0.15, 0.2) is 10.3 Å². The molecule has 110 valence electrons. The highest BCUT2D eigenvalue weighted by atomic mass is 35.5. The van der Waals surface area contributed by atoms with Crippen molar-refractivity contribution in [2.45, 2.75) is 6.42 Å². The second-order valence-corrected chi connectivity index (χ2v) is 4.97. The zero-order valence-electron chi connectivity index (χ0n) is 11.3. The van der Waals surface area contributed by atoms with Gasteiger partial charge in [-0.2, -0.15) is 0 Å². The van der Waals surface area contributed by atoms with Gasteiger partial charge in [-0.05, 0) is 30.2 Å². The number of halogens is 2. The number of hydrogen-bond donors (Lipinski definition) is 1. The Morgan fingerprint density at radius 1 is 1.24 bits per heavy atom. The summed E-state index contributed by atoms with van der Waals surface area (Å²) in [5, 5.41) is 10.1. The summed E-state index contributed by atoms with van der Waals surface area (Å²) in [5.74, 6) is 0.470. The second kappa shape index (κ2) is 7.24. The molecule has 0 atom stereocenters. The first-order chi connectivity index (χ1) is 10.1. The highest BCUT2D eigenvalue weighted by Gasteiger charge is 2.12. The summed E-state index contributed by atoms with van der Waals surface area (Å²) in [6.07, 6.45) is 0.694. The van der Waals surface area contributed by atoms with Crippen molar-refractivity contribution in [1.82, 2.24) is 15.5 Å². The normalized spacial score (nSPS) is 10.2. The van der Waals surface area contributed by atoms with Gasteiger partial charge in [-0.1, -0.05) is 35.3 Å². The highest BCUT2D eigenvalue weighted by Crippen LogP contribution is 2.15. The quantitative estimate of drug-likeness (QED) is 0.918. The van der Waals surface area contributed by atoms with Gasteiger partial charge < -0.3 is 10.1 Å². The highest BCUT2D eigenvalue weighted by molar-refractivity contribution is 6.34. The SMILES string of the molecule is COc1ccc(CCNC(=O)c2cc(Cl)nnc2Cl)cc1. The largest absolute Gasteiger partial charge is 0.497 e. The fourth-order valence-corrected chi connectivity index (χ4v) is 2.05. The van der Waals surface area contributed by atoms with Gasteiger partial charge in [0, 0.05) is 6.54 Å². The van der Waals surface area contributed by atoms with Crippen LogP contribution in [-0.2, 0) is 6.42 Å². The van der Waals surface area contributed by atoms with Crippen molar-refractivity contribution >= 4 is 29.1 Å². The minimum Gasteiger partial charge on any atom is -0.497 e. The van der Waals surface area contributed by atoms with Crippen molar-refractivity contribution in [3.63, 3.8) is 0 Å². The average molecular weight is 326 g/mol. The number of aromatic nitrogens is 2. The first kappa shape index (κ1) is 15.5. The zero-order chi connectivity index (χ0) is 15.2. The summed E-state index contributed by atoms with van der Waals surface area (Å²) in [6, 6.07) is 9.03. The molecule has 0 spiro atoms. The summed E-state index contributed by atoms with van der Waals surface area (Å²) >= 11 is 11.5. The standard InChI is InChI=1S/C14H13Cl2N3O2/c1-21-10-4-2-9(3-5-10)6-7-17-14(20)11-8-12(15)18-19-13(11)16/h2-5,8H,6-7H2,1H3,(H,17,20). The maximum absolute atomic E-state index is 12.0. The number of rotatable bonds is 5. The van der Waals surface area contributed by atoms with E-state index >= 15 is 0 Å². The van der Waals surface area contributed by atoms with Crippen molar-refractivity contribution in [3.8, 4) is 5.75 Å². The predicted molar refractivity (Wildman–Crippen MR) is 81.1 cm³/mol. The zero-order valence-corrected chi connectivity index (χ0v) is 12.8. The van der Waals surface area contributed by atoms with E-state index in [4.69, 9.17) is 27.9 Å². The Morgan fingerprint density at radius 3 is 2.62 bits per heavy atom. The van der Waals surface area contributed by atoms with Gasteiger partial charge in [0.1, 0.15) is 5.75 Å². The van der Waals surface area contributed by atoms with Crippen LogP contribution in [0.25, 0.3) is 0 Å². The molecule has 2 aromatic rings. The maximum atomic E-state index is 12.0. The first-order valence-corrected chi connectivity index (χ1v) is 6.95. The minimum absolute atomic E-state index is 0.0290. The van der Waals surface area contributed by atoms with Crippen LogP contribution in [0.5, 0.6) is 5.75 Å². The number of nitrogens with zero attached hydrogens (tertiary/aromatic N) is 2. The van der Waals surface area contributed by atoms with Gasteiger partial charge in [-0.3, -0.25) is 4.79 Å². The summed E-state index contributed by atoms with van der Waals surface area (Å²) in [4.78, 5) is 12.0. The molecule has 1 amide bonds. The second-order valence-electron chi connectivity index (χ2n) is 4.23. The number of benzene rings is 1. The van der Waals surface area contributed by atoms with Crippen LogP contribution in [-0.4, -0.2) is 29.8 Å². The van der Waals surface area contributed by atoms with Crippen LogP contribution in [0.4, 0.5) is 0 Å². The molecule has 1 N–H and O–H groups in total. The van der Waals surface area contributed by atoms with Gasteiger partial charge in [0.2, 0.25) is 0 Å². The van der Waals surface area contributed by atoms with Crippen LogP contribution in [0.2, 0.25) is 10.3 Å². The van der Waals surface area contributed by atoms with Crippen LogP contribution in [0, 0.1) is 0 Å². The molecule has 0 radical (unpaired) electrons. The van der Waals surface area contributed by atoms with E-state index in [1.165, 1.54) is 6.07 Å². The molecule has 1 aromatic carbocycles. The van der Waals surface area contributed by atoms with Crippen LogP contribution >= 0.6 is 23.2 Å². The lowest BCUT2D eigenvalue weighted by atomic mass is 10.1. The van der Waals surface area contributed by atoms with Crippen molar-refractivity contribution in [2.75, 3.05) is 13.7 Å². The number of carbonyl (C=O) groups excluding carboxylic acids is 1. The van der Waals surface area contributed by atoms with Gasteiger partial charge in [0.05, 0.1) is 12.7 Å². The third-order valence-electron chi connectivity index (χ3n) is 2.82. The van der Waals surface area contributed by atoms with E-state index in [1.807, 2.05) is 24.3 Å². The van der Waals surface area contributed by atoms with Gasteiger partial charge in [-0.25, -0.2) is 0 Å². The third kappa shape index (κ3) is 4.31. The van der Waals surface area contributed by atoms with Gasteiger partial charge in [0.25, 0.3) is 5.91 Å². The van der Waals surface area contributed by atoms with Crippen LogP contribution < -0.4 is 10.1 Å². The summed E-state index contributed by atoms with van der Waals surface area (Å²) in [6.45, 7) is 0.474. The Labute approximate surface area is 132 Å². The molecule has 0 saturated heterocycles. The monoisotopic (exact) mass is 325 g/mol. The van der Waals surface area contributed by atoms with E-state index in [2.05, 4.69) is 15.5 Å². The molecule has 1 aromatic heterocycles. The van der Waals surface area contributed by atoms with E-state index in [-0.39, 0.29) is 21.8 Å². The molecule has 7 heteroatoms. The number of carbonyl (C=O) groups is 1. The number of methoxy groups -OCH3 is 1. The molecule has 21 heavy (non-hydrogen) atoms. The number of amides is 1. The van der Waals surface area contributed by atoms with Crippen molar-refractivity contribution in [2.24, 2.45) is 0 Å². The molecule has 0 aliphatic carbocycles. The summed E-state index contributed by atoms with van der Waals surface area (Å²) in [7, 11) is 1.62. The Bertz CT molecular complexity index is 633. The average Bonchev–Trinajstić information content (AvgIpc) is 2.50. The van der Waals surface area contributed by atoms with E-state index in [0.29, 0.717) is 13.0 Å². The molecule has 0 fully saturated rings. The summed E-state index contributed by atoms with van der Waals surface area (Å²) in [5.41, 5.74) is 1.31. The number of hydrogen-bond acceptors (Lipinski definition) is 4. The van der Waals surface area contributed by atoms with Gasteiger partial charge in [-0.15, -0.1) is 10.2 Å². The lowest BCUT2D eigenvalue weighted by Crippen LogP contribution is -2.26. The molecule has 0 aliphatic heterocycles. The Balaban J connectivity index is 1.90. The Morgan fingerprint density at radius 2 is 1.95 bits per heavy atom. The van der Waals surface area contributed by atoms with E-state index in [0.717, 1.165) is 11.3 Å². The molecule has 0 aliphatic rings. The van der Waals surface area contributed by atoms with Crippen molar-refractivity contribution in [1.29, 1.82) is 0 Å². The molecule has 0 unspecified atom stereocenters.